The molecule has 3 amide bonds. The molecule has 0 spiro atoms. The van der Waals surface area contributed by atoms with Crippen molar-refractivity contribution in [3.8, 4) is 11.3 Å². The Bertz CT molecular complexity index is 1360. The summed E-state index contributed by atoms with van der Waals surface area (Å²) >= 11 is 13.2. The SMILES string of the molecule is Cc1onc(-c2ccccc2)c1C(=O)N(C)Cc1csc(NC(=O)NCc2ccc(Cl)c(Cl)c2)n1. The Morgan fingerprint density at radius 2 is 1.89 bits per heavy atom. The van der Waals surface area contributed by atoms with Crippen LogP contribution in [-0.2, 0) is 13.1 Å². The van der Waals surface area contributed by atoms with Crippen molar-refractivity contribution in [1.29, 1.82) is 0 Å². The summed E-state index contributed by atoms with van der Waals surface area (Å²) in [6.45, 7) is 2.24. The molecule has 35 heavy (non-hydrogen) atoms. The van der Waals surface area contributed by atoms with Crippen LogP contribution in [0.3, 0.4) is 0 Å². The van der Waals surface area contributed by atoms with Crippen molar-refractivity contribution in [3.63, 3.8) is 0 Å². The third-order valence-electron chi connectivity index (χ3n) is 5.08. The summed E-state index contributed by atoms with van der Waals surface area (Å²) in [5.41, 5.74) is 3.16. The highest BCUT2D eigenvalue weighted by atomic mass is 35.5. The van der Waals surface area contributed by atoms with Crippen LogP contribution in [0.15, 0.2) is 58.4 Å². The summed E-state index contributed by atoms with van der Waals surface area (Å²) in [6, 6.07) is 14.1. The molecule has 0 radical (unpaired) electrons. The highest BCUT2D eigenvalue weighted by Crippen LogP contribution is 2.27. The minimum atomic E-state index is -0.408. The number of urea groups is 1. The number of carbonyl (C=O) groups excluding carboxylic acids is 2. The number of anilines is 1. The van der Waals surface area contributed by atoms with Gasteiger partial charge in [0.2, 0.25) is 0 Å². The Morgan fingerprint density at radius 1 is 1.11 bits per heavy atom. The number of benzene rings is 2. The molecule has 8 nitrogen and oxygen atoms in total. The van der Waals surface area contributed by atoms with E-state index in [0.717, 1.165) is 11.1 Å². The molecule has 0 aliphatic rings. The molecule has 0 aliphatic carbocycles. The molecule has 2 aromatic carbocycles. The standard InChI is InChI=1S/C24H21Cl2N5O3S/c1-14-20(21(30-34-14)16-6-4-3-5-7-16)22(32)31(2)12-17-13-35-24(28-17)29-23(33)27-11-15-8-9-18(25)19(26)10-15/h3-10,13H,11-12H2,1-2H3,(H2,27,28,29,33). The molecular formula is C24H21Cl2N5O3S. The third kappa shape index (κ3) is 6.00. The Hall–Kier alpha value is -3.40. The predicted octanol–water partition coefficient (Wildman–Crippen LogP) is 6.01. The van der Waals surface area contributed by atoms with Crippen molar-refractivity contribution in [3.05, 3.63) is 86.5 Å². The maximum atomic E-state index is 13.2. The minimum Gasteiger partial charge on any atom is -0.360 e. The number of hydrogen-bond acceptors (Lipinski definition) is 6. The van der Waals surface area contributed by atoms with E-state index in [0.29, 0.717) is 37.9 Å². The van der Waals surface area contributed by atoms with Crippen LogP contribution >= 0.6 is 34.5 Å². The van der Waals surface area contributed by atoms with Gasteiger partial charge in [-0.25, -0.2) is 9.78 Å². The summed E-state index contributed by atoms with van der Waals surface area (Å²) < 4.78 is 5.31. The van der Waals surface area contributed by atoms with Gasteiger partial charge in [0, 0.05) is 24.5 Å². The highest BCUT2D eigenvalue weighted by molar-refractivity contribution is 7.13. The van der Waals surface area contributed by atoms with Crippen LogP contribution in [-0.4, -0.2) is 34.0 Å². The molecule has 0 unspecified atom stereocenters. The van der Waals surface area contributed by atoms with Crippen molar-refractivity contribution in [2.45, 2.75) is 20.0 Å². The van der Waals surface area contributed by atoms with E-state index in [2.05, 4.69) is 20.8 Å². The van der Waals surface area contributed by atoms with Gasteiger partial charge < -0.3 is 14.7 Å². The van der Waals surface area contributed by atoms with Crippen LogP contribution in [0.5, 0.6) is 0 Å². The minimum absolute atomic E-state index is 0.232. The highest BCUT2D eigenvalue weighted by Gasteiger charge is 2.25. The Labute approximate surface area is 215 Å². The number of nitrogens with zero attached hydrogens (tertiary/aromatic N) is 3. The zero-order chi connectivity index (χ0) is 24.9. The van der Waals surface area contributed by atoms with Crippen LogP contribution in [0.4, 0.5) is 9.93 Å². The lowest BCUT2D eigenvalue weighted by molar-refractivity contribution is 0.0782. The quantitative estimate of drug-likeness (QED) is 0.305. The van der Waals surface area contributed by atoms with E-state index in [1.165, 1.54) is 16.2 Å². The first-order valence-electron chi connectivity index (χ1n) is 10.5. The van der Waals surface area contributed by atoms with Gasteiger partial charge in [-0.15, -0.1) is 11.3 Å². The number of aryl methyl sites for hydroxylation is 1. The number of hydrogen-bond donors (Lipinski definition) is 2. The molecule has 2 heterocycles. The zero-order valence-electron chi connectivity index (χ0n) is 18.8. The number of carbonyl (C=O) groups is 2. The van der Waals surface area contributed by atoms with Gasteiger partial charge in [-0.1, -0.05) is 64.8 Å². The molecule has 2 aromatic heterocycles. The number of thiazole rings is 1. The lowest BCUT2D eigenvalue weighted by atomic mass is 10.1. The molecule has 0 aliphatic heterocycles. The van der Waals surface area contributed by atoms with E-state index in [1.807, 2.05) is 30.3 Å². The molecular weight excluding hydrogens is 509 g/mol. The second kappa shape index (κ2) is 10.9. The van der Waals surface area contributed by atoms with E-state index >= 15 is 0 Å². The molecule has 180 valence electrons. The lowest BCUT2D eigenvalue weighted by Gasteiger charge is -2.16. The maximum Gasteiger partial charge on any atom is 0.321 e. The molecule has 4 aromatic rings. The van der Waals surface area contributed by atoms with Gasteiger partial charge in [-0.2, -0.15) is 0 Å². The average molecular weight is 530 g/mol. The van der Waals surface area contributed by atoms with Gasteiger partial charge in [0.25, 0.3) is 5.91 Å². The molecule has 0 bridgehead atoms. The number of aromatic nitrogens is 2. The Morgan fingerprint density at radius 3 is 2.63 bits per heavy atom. The first-order chi connectivity index (χ1) is 16.8. The summed E-state index contributed by atoms with van der Waals surface area (Å²) in [7, 11) is 1.68. The van der Waals surface area contributed by atoms with Crippen LogP contribution in [0.2, 0.25) is 10.0 Å². The smallest absolute Gasteiger partial charge is 0.321 e. The van der Waals surface area contributed by atoms with E-state index in [-0.39, 0.29) is 19.0 Å². The van der Waals surface area contributed by atoms with E-state index in [4.69, 9.17) is 27.7 Å². The first kappa shape index (κ1) is 24.7. The van der Waals surface area contributed by atoms with Gasteiger partial charge in [0.1, 0.15) is 17.0 Å². The fraction of sp³-hybridized carbons (Fsp3) is 0.167. The van der Waals surface area contributed by atoms with Gasteiger partial charge in [0.05, 0.1) is 22.3 Å². The first-order valence-corrected chi connectivity index (χ1v) is 12.2. The maximum absolute atomic E-state index is 13.2. The normalized spacial score (nSPS) is 10.7. The molecule has 0 saturated heterocycles. The summed E-state index contributed by atoms with van der Waals surface area (Å²) in [4.78, 5) is 31.4. The van der Waals surface area contributed by atoms with E-state index < -0.39 is 6.03 Å². The van der Waals surface area contributed by atoms with Crippen molar-refractivity contribution in [2.75, 3.05) is 12.4 Å². The fourth-order valence-electron chi connectivity index (χ4n) is 3.33. The summed E-state index contributed by atoms with van der Waals surface area (Å²) in [5, 5.41) is 12.6. The second-order valence-electron chi connectivity index (χ2n) is 7.69. The lowest BCUT2D eigenvalue weighted by Crippen LogP contribution is -2.28. The third-order valence-corrected chi connectivity index (χ3v) is 6.62. The predicted molar refractivity (Wildman–Crippen MR) is 137 cm³/mol. The van der Waals surface area contributed by atoms with Gasteiger partial charge in [-0.3, -0.25) is 10.1 Å². The molecule has 4 rings (SSSR count). The summed E-state index contributed by atoms with van der Waals surface area (Å²) in [5.74, 6) is 0.212. The molecule has 2 N–H and O–H groups in total. The van der Waals surface area contributed by atoms with Crippen LogP contribution in [0.25, 0.3) is 11.3 Å². The zero-order valence-corrected chi connectivity index (χ0v) is 21.2. The number of rotatable bonds is 7. The largest absolute Gasteiger partial charge is 0.360 e. The van der Waals surface area contributed by atoms with Gasteiger partial charge in [-0.05, 0) is 24.6 Å². The van der Waals surface area contributed by atoms with Crippen LogP contribution in [0, 0.1) is 6.92 Å². The Kier molecular flexibility index (Phi) is 7.70. The van der Waals surface area contributed by atoms with Crippen molar-refractivity contribution < 1.29 is 14.1 Å². The number of nitrogens with one attached hydrogen (secondary N) is 2. The van der Waals surface area contributed by atoms with Gasteiger partial charge in [0.15, 0.2) is 5.13 Å². The number of halogens is 2. The van der Waals surface area contributed by atoms with E-state index in [9.17, 15) is 9.59 Å². The topological polar surface area (TPSA) is 100 Å². The monoisotopic (exact) mass is 529 g/mol. The summed E-state index contributed by atoms with van der Waals surface area (Å²) in [6.07, 6.45) is 0. The Balaban J connectivity index is 1.36. The van der Waals surface area contributed by atoms with E-state index in [1.54, 1.807) is 37.6 Å². The fourth-order valence-corrected chi connectivity index (χ4v) is 4.35. The van der Waals surface area contributed by atoms with Gasteiger partial charge >= 0.3 is 6.03 Å². The average Bonchev–Trinajstić information content (AvgIpc) is 3.45. The van der Waals surface area contributed by atoms with Crippen LogP contribution in [0.1, 0.15) is 27.4 Å². The van der Waals surface area contributed by atoms with Crippen molar-refractivity contribution in [2.24, 2.45) is 0 Å². The van der Waals surface area contributed by atoms with Crippen LogP contribution < -0.4 is 10.6 Å². The van der Waals surface area contributed by atoms with Crippen molar-refractivity contribution >= 4 is 51.6 Å². The molecule has 11 heteroatoms. The second-order valence-corrected chi connectivity index (χ2v) is 9.36. The molecule has 0 atom stereocenters. The number of amides is 3. The molecule has 0 saturated carbocycles. The van der Waals surface area contributed by atoms with Crippen molar-refractivity contribution in [1.82, 2.24) is 20.4 Å². The molecule has 0 fully saturated rings.